The first-order chi connectivity index (χ1) is 14.1. The molecule has 1 N–H and O–H groups in total. The monoisotopic (exact) mass is 411 g/mol. The number of hydrogen-bond acceptors (Lipinski definition) is 6. The zero-order chi connectivity index (χ0) is 20.2. The van der Waals surface area contributed by atoms with Gasteiger partial charge in [-0.1, -0.05) is 12.1 Å². The minimum atomic E-state index is -0.357. The number of nitrogens with zero attached hydrogens (tertiary/aromatic N) is 2. The lowest BCUT2D eigenvalue weighted by Gasteiger charge is -2.16. The summed E-state index contributed by atoms with van der Waals surface area (Å²) in [6.07, 6.45) is 2.61. The highest BCUT2D eigenvalue weighted by Crippen LogP contribution is 2.29. The summed E-state index contributed by atoms with van der Waals surface area (Å²) in [6.45, 7) is 1.44. The minimum Gasteiger partial charge on any atom is -0.497 e. The van der Waals surface area contributed by atoms with Gasteiger partial charge in [-0.2, -0.15) is 0 Å². The van der Waals surface area contributed by atoms with E-state index in [1.165, 1.54) is 23.2 Å². The van der Waals surface area contributed by atoms with E-state index in [-0.39, 0.29) is 24.0 Å². The molecule has 2 amide bonds. The van der Waals surface area contributed by atoms with Crippen molar-refractivity contribution in [3.63, 3.8) is 0 Å². The molecule has 0 bridgehead atoms. The number of nitrogens with one attached hydrogen (secondary N) is 1. The third kappa shape index (κ3) is 4.48. The van der Waals surface area contributed by atoms with Gasteiger partial charge >= 0.3 is 0 Å². The topological polar surface area (TPSA) is 84.7 Å². The Balaban J connectivity index is 1.31. The first-order valence-electron chi connectivity index (χ1n) is 9.33. The molecule has 1 aliphatic rings. The van der Waals surface area contributed by atoms with Crippen LogP contribution in [0.1, 0.15) is 34.2 Å². The van der Waals surface area contributed by atoms with Gasteiger partial charge < -0.3 is 14.1 Å². The second-order valence-corrected chi connectivity index (χ2v) is 7.71. The number of benzene rings is 1. The first-order valence-corrected chi connectivity index (χ1v) is 10.2. The number of carbonyl (C=O) groups is 2. The fourth-order valence-electron chi connectivity index (χ4n) is 3.41. The second kappa shape index (κ2) is 8.48. The standard InChI is InChI=1S/C21H21N3O4S/c1-27-17-6-4-14(5-7-17)15-8-9-24(12-15)19(25)11-16-13-29-21(22-16)23-20(26)18-3-2-10-28-18/h2-7,10,13,15H,8-9,11-12H2,1H3,(H,22,23,26). The Morgan fingerprint density at radius 1 is 1.31 bits per heavy atom. The van der Waals surface area contributed by atoms with Crippen LogP contribution in [-0.2, 0) is 11.2 Å². The molecule has 1 fully saturated rings. The number of methoxy groups -OCH3 is 1. The molecule has 0 aliphatic carbocycles. The van der Waals surface area contributed by atoms with Crippen LogP contribution < -0.4 is 10.1 Å². The van der Waals surface area contributed by atoms with E-state index in [1.54, 1.807) is 24.6 Å². The fraction of sp³-hybridized carbons (Fsp3) is 0.286. The molecular formula is C21H21N3O4S. The lowest BCUT2D eigenvalue weighted by molar-refractivity contribution is -0.129. The van der Waals surface area contributed by atoms with Gasteiger partial charge in [-0.15, -0.1) is 11.3 Å². The predicted octanol–water partition coefficient (Wildman–Crippen LogP) is 3.56. The predicted molar refractivity (Wildman–Crippen MR) is 109 cm³/mol. The van der Waals surface area contributed by atoms with Gasteiger partial charge in [-0.05, 0) is 36.2 Å². The van der Waals surface area contributed by atoms with E-state index in [0.29, 0.717) is 23.3 Å². The average molecular weight is 411 g/mol. The van der Waals surface area contributed by atoms with Crippen LogP contribution in [0.25, 0.3) is 0 Å². The van der Waals surface area contributed by atoms with Crippen molar-refractivity contribution in [3.05, 3.63) is 65.1 Å². The van der Waals surface area contributed by atoms with Crippen LogP contribution >= 0.6 is 11.3 Å². The van der Waals surface area contributed by atoms with E-state index in [9.17, 15) is 9.59 Å². The van der Waals surface area contributed by atoms with Crippen LogP contribution in [0.4, 0.5) is 5.13 Å². The SMILES string of the molecule is COc1ccc(C2CCN(C(=O)Cc3csc(NC(=O)c4ccco4)n3)C2)cc1. The number of aromatic nitrogens is 1. The van der Waals surface area contributed by atoms with E-state index in [0.717, 1.165) is 18.7 Å². The Morgan fingerprint density at radius 3 is 2.86 bits per heavy atom. The van der Waals surface area contributed by atoms with E-state index in [2.05, 4.69) is 22.4 Å². The average Bonchev–Trinajstić information content (AvgIpc) is 3.50. The maximum absolute atomic E-state index is 12.7. The summed E-state index contributed by atoms with van der Waals surface area (Å²) < 4.78 is 10.3. The number of anilines is 1. The molecule has 1 aromatic carbocycles. The van der Waals surface area contributed by atoms with E-state index in [4.69, 9.17) is 9.15 Å². The summed E-state index contributed by atoms with van der Waals surface area (Å²) in [6, 6.07) is 11.3. The van der Waals surface area contributed by atoms with Crippen molar-refractivity contribution in [3.8, 4) is 5.75 Å². The summed E-state index contributed by atoms with van der Waals surface area (Å²) in [5.41, 5.74) is 1.88. The summed E-state index contributed by atoms with van der Waals surface area (Å²) in [5.74, 6) is 1.08. The zero-order valence-corrected chi connectivity index (χ0v) is 16.8. The van der Waals surface area contributed by atoms with Crippen molar-refractivity contribution in [2.75, 3.05) is 25.5 Å². The first kappa shape index (κ1) is 19.2. The van der Waals surface area contributed by atoms with Gasteiger partial charge in [0.15, 0.2) is 10.9 Å². The lowest BCUT2D eigenvalue weighted by Crippen LogP contribution is -2.30. The number of thiazole rings is 1. The Labute approximate surface area is 172 Å². The van der Waals surface area contributed by atoms with Crippen molar-refractivity contribution in [1.29, 1.82) is 0 Å². The molecule has 3 heterocycles. The molecule has 29 heavy (non-hydrogen) atoms. The molecule has 3 aromatic rings. The number of ether oxygens (including phenoxy) is 1. The summed E-state index contributed by atoms with van der Waals surface area (Å²) >= 11 is 1.29. The zero-order valence-electron chi connectivity index (χ0n) is 16.0. The molecule has 1 unspecified atom stereocenters. The van der Waals surface area contributed by atoms with E-state index in [1.807, 2.05) is 17.0 Å². The van der Waals surface area contributed by atoms with Crippen LogP contribution in [0, 0.1) is 0 Å². The largest absolute Gasteiger partial charge is 0.497 e. The normalized spacial score (nSPS) is 16.0. The number of hydrogen-bond donors (Lipinski definition) is 1. The van der Waals surface area contributed by atoms with Crippen LogP contribution in [0.2, 0.25) is 0 Å². The van der Waals surface area contributed by atoms with Gasteiger partial charge in [0.1, 0.15) is 5.75 Å². The maximum Gasteiger partial charge on any atom is 0.293 e. The van der Waals surface area contributed by atoms with Gasteiger partial charge in [0.2, 0.25) is 5.91 Å². The Bertz CT molecular complexity index is 982. The number of amides is 2. The molecule has 2 aromatic heterocycles. The molecule has 7 nitrogen and oxygen atoms in total. The lowest BCUT2D eigenvalue weighted by atomic mass is 9.98. The van der Waals surface area contributed by atoms with Gasteiger partial charge in [0.25, 0.3) is 5.91 Å². The third-order valence-electron chi connectivity index (χ3n) is 4.98. The molecular weight excluding hydrogens is 390 g/mol. The molecule has 1 atom stereocenters. The molecule has 1 aliphatic heterocycles. The highest BCUT2D eigenvalue weighted by atomic mass is 32.1. The minimum absolute atomic E-state index is 0.0511. The van der Waals surface area contributed by atoms with E-state index < -0.39 is 0 Å². The third-order valence-corrected chi connectivity index (χ3v) is 5.78. The Morgan fingerprint density at radius 2 is 2.14 bits per heavy atom. The molecule has 8 heteroatoms. The van der Waals surface area contributed by atoms with Gasteiger partial charge in [0.05, 0.1) is 25.5 Å². The Kier molecular flexibility index (Phi) is 5.62. The van der Waals surface area contributed by atoms with Gasteiger partial charge in [-0.25, -0.2) is 4.98 Å². The molecule has 4 rings (SSSR count). The van der Waals surface area contributed by atoms with Crippen molar-refractivity contribution in [2.24, 2.45) is 0 Å². The fourth-order valence-corrected chi connectivity index (χ4v) is 4.12. The highest BCUT2D eigenvalue weighted by Gasteiger charge is 2.27. The van der Waals surface area contributed by atoms with Crippen molar-refractivity contribution >= 4 is 28.3 Å². The highest BCUT2D eigenvalue weighted by molar-refractivity contribution is 7.14. The van der Waals surface area contributed by atoms with Gasteiger partial charge in [-0.3, -0.25) is 14.9 Å². The van der Waals surface area contributed by atoms with Crippen LogP contribution in [-0.4, -0.2) is 41.9 Å². The van der Waals surface area contributed by atoms with Crippen LogP contribution in [0.5, 0.6) is 5.75 Å². The number of furan rings is 1. The molecule has 150 valence electrons. The molecule has 1 saturated heterocycles. The number of rotatable bonds is 6. The van der Waals surface area contributed by atoms with Crippen LogP contribution in [0.3, 0.4) is 0 Å². The molecule has 0 saturated carbocycles. The number of likely N-dealkylation sites (tertiary alicyclic amines) is 1. The summed E-state index contributed by atoms with van der Waals surface area (Å²) in [7, 11) is 1.65. The van der Waals surface area contributed by atoms with E-state index >= 15 is 0 Å². The Hall–Kier alpha value is -3.13. The number of carbonyl (C=O) groups excluding carboxylic acids is 2. The van der Waals surface area contributed by atoms with Gasteiger partial charge in [0, 0.05) is 24.4 Å². The molecule has 0 radical (unpaired) electrons. The second-order valence-electron chi connectivity index (χ2n) is 6.85. The molecule has 0 spiro atoms. The van der Waals surface area contributed by atoms with Crippen molar-refractivity contribution < 1.29 is 18.7 Å². The quantitative estimate of drug-likeness (QED) is 0.670. The summed E-state index contributed by atoms with van der Waals surface area (Å²) in [4.78, 5) is 30.9. The maximum atomic E-state index is 12.7. The van der Waals surface area contributed by atoms with Crippen molar-refractivity contribution in [1.82, 2.24) is 9.88 Å². The van der Waals surface area contributed by atoms with Crippen molar-refractivity contribution in [2.45, 2.75) is 18.8 Å². The summed E-state index contributed by atoms with van der Waals surface area (Å²) in [5, 5.41) is 4.93. The smallest absolute Gasteiger partial charge is 0.293 e. The van der Waals surface area contributed by atoms with Crippen LogP contribution in [0.15, 0.2) is 52.5 Å².